The van der Waals surface area contributed by atoms with Crippen LogP contribution in [0.25, 0.3) is 0 Å². The summed E-state index contributed by atoms with van der Waals surface area (Å²) in [5, 5.41) is 12.0. The molecule has 0 fully saturated rings. The van der Waals surface area contributed by atoms with Crippen LogP contribution >= 0.6 is 0 Å². The molecule has 0 aromatic heterocycles. The number of unbranched alkanes of at least 4 members (excludes halogenated alkanes) is 14. The van der Waals surface area contributed by atoms with Crippen molar-refractivity contribution in [2.75, 3.05) is 6.54 Å². The fourth-order valence-electron chi connectivity index (χ4n) is 5.98. The molecule has 2 unspecified atom stereocenters. The Balaban J connectivity index is 4.51. The summed E-state index contributed by atoms with van der Waals surface area (Å²) in [4.78, 5) is 36.6. The SMILES string of the molecule is CC/C=C\C/C=C\C/C=C\C/C=C\C/C=C\C(CCCCC(=O)NC(CCCN)C(=O)O)OC(=O)CCCCCCCCC/C=C\CCCCCCCC. The van der Waals surface area contributed by atoms with E-state index < -0.39 is 12.0 Å². The van der Waals surface area contributed by atoms with E-state index in [1.54, 1.807) is 0 Å². The van der Waals surface area contributed by atoms with E-state index in [1.165, 1.54) is 77.0 Å². The zero-order valence-corrected chi connectivity index (χ0v) is 34.5. The average Bonchev–Trinajstić information content (AvgIpc) is 3.16. The predicted molar refractivity (Wildman–Crippen MR) is 229 cm³/mol. The summed E-state index contributed by atoms with van der Waals surface area (Å²) in [6, 6.07) is -0.914. The number of nitrogens with one attached hydrogen (secondary N) is 1. The van der Waals surface area contributed by atoms with E-state index in [0.717, 1.165) is 51.4 Å². The van der Waals surface area contributed by atoms with Gasteiger partial charge in [0.15, 0.2) is 0 Å². The van der Waals surface area contributed by atoms with Gasteiger partial charge >= 0.3 is 11.9 Å². The average molecular weight is 753 g/mol. The topological polar surface area (TPSA) is 119 Å². The molecular formula is C47H80N2O5. The van der Waals surface area contributed by atoms with E-state index in [1.807, 2.05) is 12.2 Å². The number of carbonyl (C=O) groups is 3. The minimum Gasteiger partial charge on any atom is -0.480 e. The van der Waals surface area contributed by atoms with Crippen LogP contribution in [0.15, 0.2) is 72.9 Å². The lowest BCUT2D eigenvalue weighted by Gasteiger charge is -2.16. The van der Waals surface area contributed by atoms with Crippen LogP contribution in [0.2, 0.25) is 0 Å². The number of hydrogen-bond donors (Lipinski definition) is 3. The number of ether oxygens (including phenoxy) is 1. The summed E-state index contributed by atoms with van der Waals surface area (Å²) in [5.74, 6) is -1.49. The largest absolute Gasteiger partial charge is 0.480 e. The van der Waals surface area contributed by atoms with Crippen LogP contribution in [0.3, 0.4) is 0 Å². The lowest BCUT2D eigenvalue weighted by Crippen LogP contribution is -2.40. The molecule has 2 atom stereocenters. The molecule has 0 saturated carbocycles. The maximum Gasteiger partial charge on any atom is 0.326 e. The Morgan fingerprint density at radius 2 is 1.07 bits per heavy atom. The van der Waals surface area contributed by atoms with Crippen LogP contribution in [-0.4, -0.2) is 41.6 Å². The summed E-state index contributed by atoms with van der Waals surface area (Å²) >= 11 is 0. The van der Waals surface area contributed by atoms with Crippen molar-refractivity contribution in [1.82, 2.24) is 5.32 Å². The van der Waals surface area contributed by atoms with Gasteiger partial charge in [-0.15, -0.1) is 0 Å². The zero-order chi connectivity index (χ0) is 39.6. The Bertz CT molecular complexity index is 1070. The molecule has 7 heteroatoms. The van der Waals surface area contributed by atoms with Crippen molar-refractivity contribution in [3.63, 3.8) is 0 Å². The van der Waals surface area contributed by atoms with Crippen LogP contribution in [0.1, 0.15) is 187 Å². The highest BCUT2D eigenvalue weighted by Gasteiger charge is 2.19. The summed E-state index contributed by atoms with van der Waals surface area (Å²) in [7, 11) is 0. The van der Waals surface area contributed by atoms with Gasteiger partial charge in [-0.1, -0.05) is 145 Å². The maximum absolute atomic E-state index is 12.8. The van der Waals surface area contributed by atoms with E-state index in [4.69, 9.17) is 10.5 Å². The Kier molecular flexibility index (Phi) is 38.6. The van der Waals surface area contributed by atoms with E-state index in [9.17, 15) is 19.5 Å². The lowest BCUT2D eigenvalue weighted by atomic mass is 10.1. The first-order valence-corrected chi connectivity index (χ1v) is 21.8. The van der Waals surface area contributed by atoms with Gasteiger partial charge in [-0.2, -0.15) is 0 Å². The quantitative estimate of drug-likeness (QED) is 0.0328. The smallest absolute Gasteiger partial charge is 0.326 e. The fraction of sp³-hybridized carbons (Fsp3) is 0.681. The van der Waals surface area contributed by atoms with Crippen molar-refractivity contribution >= 4 is 17.8 Å². The number of hydrogen-bond acceptors (Lipinski definition) is 5. The van der Waals surface area contributed by atoms with E-state index in [0.29, 0.717) is 45.1 Å². The summed E-state index contributed by atoms with van der Waals surface area (Å²) in [5.41, 5.74) is 5.50. The van der Waals surface area contributed by atoms with Crippen molar-refractivity contribution in [3.8, 4) is 0 Å². The number of carbonyl (C=O) groups excluding carboxylic acids is 2. The van der Waals surface area contributed by atoms with E-state index in [2.05, 4.69) is 79.9 Å². The molecule has 0 bridgehead atoms. The number of esters is 1. The molecule has 0 aliphatic heterocycles. The molecule has 0 radical (unpaired) electrons. The van der Waals surface area contributed by atoms with Crippen LogP contribution in [0.4, 0.5) is 0 Å². The van der Waals surface area contributed by atoms with Gasteiger partial charge in [0, 0.05) is 12.8 Å². The van der Waals surface area contributed by atoms with Crippen LogP contribution in [0, 0.1) is 0 Å². The van der Waals surface area contributed by atoms with Crippen LogP contribution < -0.4 is 11.1 Å². The molecule has 0 heterocycles. The van der Waals surface area contributed by atoms with E-state index in [-0.39, 0.29) is 24.4 Å². The Morgan fingerprint density at radius 1 is 0.574 bits per heavy atom. The van der Waals surface area contributed by atoms with Gasteiger partial charge in [0.2, 0.25) is 5.91 Å². The minimum absolute atomic E-state index is 0.171. The molecule has 0 rings (SSSR count). The highest BCUT2D eigenvalue weighted by atomic mass is 16.5. The number of carboxylic acids is 1. The Hall–Kier alpha value is -3.19. The monoisotopic (exact) mass is 753 g/mol. The first-order chi connectivity index (χ1) is 26.4. The second-order valence-corrected chi connectivity index (χ2v) is 14.4. The summed E-state index contributed by atoms with van der Waals surface area (Å²) in [6.45, 7) is 4.79. The molecule has 4 N–H and O–H groups in total. The normalized spacial score (nSPS) is 13.4. The van der Waals surface area contributed by atoms with Crippen LogP contribution in [0.5, 0.6) is 0 Å². The number of rotatable bonds is 38. The molecule has 1 amide bonds. The van der Waals surface area contributed by atoms with Crippen molar-refractivity contribution in [3.05, 3.63) is 72.9 Å². The summed E-state index contributed by atoms with van der Waals surface area (Å²) in [6.07, 6.45) is 52.4. The van der Waals surface area contributed by atoms with Gasteiger partial charge in [0.05, 0.1) is 0 Å². The standard InChI is InChI=1S/C47H80N2O5/c1-3-5-7-9-11-13-15-17-19-20-21-23-25-27-29-31-33-41-46(51)54-43(38-34-35-40-45(50)49-44(47(52)53)39-36-42-48)37-32-30-28-26-24-22-18-16-14-12-10-8-6-4-2/h6,8,12,14,17-19,22,26,28,32,37,43-44H,3-5,7,9-11,13,15-16,20-21,23-25,27,29-31,33-36,38-42,48H2,1-2H3,(H,49,50)(H,52,53)/b8-6-,14-12-,19-17-,22-18-,28-26-,37-32-. The van der Waals surface area contributed by atoms with Crippen molar-refractivity contribution in [2.24, 2.45) is 5.73 Å². The number of carboxylic acid groups (broad SMARTS) is 1. The molecule has 0 aromatic carbocycles. The molecule has 54 heavy (non-hydrogen) atoms. The van der Waals surface area contributed by atoms with Gasteiger partial charge in [-0.3, -0.25) is 9.59 Å². The molecule has 308 valence electrons. The van der Waals surface area contributed by atoms with Gasteiger partial charge < -0.3 is 20.9 Å². The van der Waals surface area contributed by atoms with Gasteiger partial charge in [-0.25, -0.2) is 4.79 Å². The third kappa shape index (κ3) is 37.1. The number of nitrogens with two attached hydrogens (primary N) is 1. The fourth-order valence-corrected chi connectivity index (χ4v) is 5.98. The zero-order valence-electron chi connectivity index (χ0n) is 34.5. The lowest BCUT2D eigenvalue weighted by molar-refractivity contribution is -0.147. The number of allylic oxidation sites excluding steroid dienone is 11. The van der Waals surface area contributed by atoms with Gasteiger partial charge in [0.25, 0.3) is 0 Å². The molecule has 0 aromatic rings. The molecule has 0 aliphatic rings. The van der Waals surface area contributed by atoms with Crippen LogP contribution in [-0.2, 0) is 19.1 Å². The highest BCUT2D eigenvalue weighted by molar-refractivity contribution is 5.83. The molecule has 0 aliphatic carbocycles. The first kappa shape index (κ1) is 50.8. The maximum atomic E-state index is 12.8. The molecular weight excluding hydrogens is 673 g/mol. The van der Waals surface area contributed by atoms with Gasteiger partial charge in [-0.05, 0) is 109 Å². The second-order valence-electron chi connectivity index (χ2n) is 14.4. The van der Waals surface area contributed by atoms with E-state index >= 15 is 0 Å². The Labute approximate surface area is 331 Å². The second kappa shape index (κ2) is 41.0. The molecule has 7 nitrogen and oxygen atoms in total. The first-order valence-electron chi connectivity index (χ1n) is 21.8. The minimum atomic E-state index is -1.04. The summed E-state index contributed by atoms with van der Waals surface area (Å²) < 4.78 is 5.87. The Morgan fingerprint density at radius 3 is 1.61 bits per heavy atom. The molecule has 0 spiro atoms. The third-order valence-corrected chi connectivity index (χ3v) is 9.24. The predicted octanol–water partition coefficient (Wildman–Crippen LogP) is 12.3. The highest BCUT2D eigenvalue weighted by Crippen LogP contribution is 2.14. The number of aliphatic carboxylic acids is 1. The molecule has 0 saturated heterocycles. The number of amides is 1. The third-order valence-electron chi connectivity index (χ3n) is 9.24. The van der Waals surface area contributed by atoms with Crippen molar-refractivity contribution in [1.29, 1.82) is 0 Å². The van der Waals surface area contributed by atoms with Crippen molar-refractivity contribution < 1.29 is 24.2 Å². The van der Waals surface area contributed by atoms with Gasteiger partial charge in [0.1, 0.15) is 12.1 Å². The van der Waals surface area contributed by atoms with Crippen molar-refractivity contribution in [2.45, 2.75) is 199 Å².